The third kappa shape index (κ3) is 1.35. The predicted octanol–water partition coefficient (Wildman–Crippen LogP) is 2.10. The molecule has 3 heterocycles. The molecule has 0 saturated carbocycles. The highest BCUT2D eigenvalue weighted by molar-refractivity contribution is 5.58. The average molecular weight is 210 g/mol. The maximum atomic E-state index is 4.46. The maximum absolute atomic E-state index is 4.46. The van der Waals surface area contributed by atoms with Crippen LogP contribution in [0.5, 0.6) is 0 Å². The smallest absolute Gasteiger partial charge is 0.118 e. The molecule has 4 heteroatoms. The Morgan fingerprint density at radius 1 is 1.00 bits per heavy atom. The lowest BCUT2D eigenvalue weighted by Crippen LogP contribution is -1.94. The number of fused-ring (bicyclic) bond motifs is 1. The van der Waals surface area contributed by atoms with Crippen LogP contribution in [0.4, 0.5) is 0 Å². The van der Waals surface area contributed by atoms with Crippen molar-refractivity contribution < 1.29 is 0 Å². The van der Waals surface area contributed by atoms with Crippen LogP contribution < -0.4 is 0 Å². The normalized spacial score (nSPS) is 10.8. The Balaban J connectivity index is 2.19. The van der Waals surface area contributed by atoms with Gasteiger partial charge in [-0.1, -0.05) is 6.07 Å². The second kappa shape index (κ2) is 3.41. The number of pyridine rings is 1. The molecule has 16 heavy (non-hydrogen) atoms. The van der Waals surface area contributed by atoms with Gasteiger partial charge in [-0.25, -0.2) is 9.50 Å². The summed E-state index contributed by atoms with van der Waals surface area (Å²) in [5, 5.41) is 4.46. The number of nitrogens with zero attached hydrogens (tertiary/aromatic N) is 4. The molecule has 0 atom stereocenters. The zero-order valence-electron chi connectivity index (χ0n) is 8.83. The first-order chi connectivity index (χ1) is 7.84. The molecule has 78 valence electrons. The van der Waals surface area contributed by atoms with Crippen LogP contribution in [0, 0.1) is 6.92 Å². The van der Waals surface area contributed by atoms with E-state index in [2.05, 4.69) is 15.1 Å². The summed E-state index contributed by atoms with van der Waals surface area (Å²) in [4.78, 5) is 8.48. The molecule has 0 radical (unpaired) electrons. The first-order valence-corrected chi connectivity index (χ1v) is 5.07. The zero-order valence-corrected chi connectivity index (χ0v) is 8.83. The first-order valence-electron chi connectivity index (χ1n) is 5.07. The summed E-state index contributed by atoms with van der Waals surface area (Å²) < 4.78 is 1.78. The number of hydrogen-bond donors (Lipinski definition) is 0. The van der Waals surface area contributed by atoms with Crippen molar-refractivity contribution in [3.8, 4) is 11.4 Å². The molecule has 0 unspecified atom stereocenters. The molecular weight excluding hydrogens is 200 g/mol. The van der Waals surface area contributed by atoms with Gasteiger partial charge in [0.1, 0.15) is 12.0 Å². The van der Waals surface area contributed by atoms with E-state index in [1.165, 1.54) is 0 Å². The molecule has 3 aromatic heterocycles. The fourth-order valence-electron chi connectivity index (χ4n) is 1.67. The van der Waals surface area contributed by atoms with E-state index < -0.39 is 0 Å². The minimum Gasteiger partial charge on any atom is -0.255 e. The van der Waals surface area contributed by atoms with Gasteiger partial charge >= 0.3 is 0 Å². The molecule has 3 aromatic rings. The monoisotopic (exact) mass is 210 g/mol. The van der Waals surface area contributed by atoms with Gasteiger partial charge in [-0.2, -0.15) is 5.10 Å². The Morgan fingerprint density at radius 2 is 1.94 bits per heavy atom. The summed E-state index contributed by atoms with van der Waals surface area (Å²) in [5.41, 5.74) is 3.74. The van der Waals surface area contributed by atoms with E-state index in [1.807, 2.05) is 37.3 Å². The predicted molar refractivity (Wildman–Crippen MR) is 61.0 cm³/mol. The molecule has 0 bridgehead atoms. The summed E-state index contributed by atoms with van der Waals surface area (Å²) in [5.74, 6) is 0. The molecule has 0 N–H and O–H groups in total. The molecule has 0 aliphatic heterocycles. The Labute approximate surface area is 92.6 Å². The molecule has 0 amide bonds. The van der Waals surface area contributed by atoms with Gasteiger partial charge in [-0.05, 0) is 31.2 Å². The number of rotatable bonds is 1. The number of aromatic nitrogens is 4. The van der Waals surface area contributed by atoms with Crippen LogP contribution in [0.2, 0.25) is 0 Å². The Bertz CT molecular complexity index is 628. The van der Waals surface area contributed by atoms with Gasteiger partial charge < -0.3 is 0 Å². The lowest BCUT2D eigenvalue weighted by atomic mass is 10.2. The molecule has 0 fully saturated rings. The van der Waals surface area contributed by atoms with Crippen molar-refractivity contribution >= 4 is 5.52 Å². The summed E-state index contributed by atoms with van der Waals surface area (Å²) in [6, 6.07) is 9.76. The van der Waals surface area contributed by atoms with Crippen molar-refractivity contribution in [1.82, 2.24) is 19.6 Å². The topological polar surface area (TPSA) is 43.1 Å². The first kappa shape index (κ1) is 9.03. The van der Waals surface area contributed by atoms with Crippen molar-refractivity contribution in [1.29, 1.82) is 0 Å². The van der Waals surface area contributed by atoms with Gasteiger partial charge in [-0.3, -0.25) is 4.98 Å². The molecule has 0 saturated heterocycles. The fourth-order valence-corrected chi connectivity index (χ4v) is 1.67. The van der Waals surface area contributed by atoms with E-state index in [1.54, 1.807) is 17.0 Å². The average Bonchev–Trinajstić information content (AvgIpc) is 2.72. The maximum Gasteiger partial charge on any atom is 0.118 e. The molecule has 0 aliphatic carbocycles. The van der Waals surface area contributed by atoms with Crippen LogP contribution in [0.25, 0.3) is 16.9 Å². The largest absolute Gasteiger partial charge is 0.255 e. The Kier molecular flexibility index (Phi) is 1.93. The van der Waals surface area contributed by atoms with Crippen molar-refractivity contribution in [3.63, 3.8) is 0 Å². The molecular formula is C12H10N4. The molecule has 0 aromatic carbocycles. The lowest BCUT2D eigenvalue weighted by molar-refractivity contribution is 0.928. The van der Waals surface area contributed by atoms with Crippen LogP contribution in [-0.4, -0.2) is 19.6 Å². The van der Waals surface area contributed by atoms with Gasteiger partial charge in [0, 0.05) is 6.20 Å². The summed E-state index contributed by atoms with van der Waals surface area (Å²) in [6.07, 6.45) is 3.48. The summed E-state index contributed by atoms with van der Waals surface area (Å²) in [7, 11) is 0. The van der Waals surface area contributed by atoms with Gasteiger partial charge in [-0.15, -0.1) is 0 Å². The van der Waals surface area contributed by atoms with E-state index in [9.17, 15) is 0 Å². The number of aryl methyl sites for hydroxylation is 1. The minimum atomic E-state index is 0.852. The van der Waals surface area contributed by atoms with E-state index in [-0.39, 0.29) is 0 Å². The van der Waals surface area contributed by atoms with Gasteiger partial charge in [0.05, 0.1) is 16.9 Å². The van der Waals surface area contributed by atoms with E-state index in [4.69, 9.17) is 0 Å². The molecule has 0 spiro atoms. The summed E-state index contributed by atoms with van der Waals surface area (Å²) in [6.45, 7) is 1.97. The van der Waals surface area contributed by atoms with E-state index >= 15 is 0 Å². The van der Waals surface area contributed by atoms with Gasteiger partial charge in [0.15, 0.2) is 0 Å². The summed E-state index contributed by atoms with van der Waals surface area (Å²) >= 11 is 0. The highest BCUT2D eigenvalue weighted by Gasteiger charge is 2.04. The van der Waals surface area contributed by atoms with Crippen molar-refractivity contribution in [2.45, 2.75) is 6.92 Å². The van der Waals surface area contributed by atoms with Gasteiger partial charge in [0.25, 0.3) is 0 Å². The Hall–Kier alpha value is -2.23. The quantitative estimate of drug-likeness (QED) is 0.617. The second-order valence-corrected chi connectivity index (χ2v) is 3.59. The van der Waals surface area contributed by atoms with Crippen LogP contribution >= 0.6 is 0 Å². The molecule has 0 aliphatic rings. The Morgan fingerprint density at radius 3 is 2.75 bits per heavy atom. The third-order valence-corrected chi connectivity index (χ3v) is 2.52. The molecule has 3 rings (SSSR count). The van der Waals surface area contributed by atoms with Crippen LogP contribution in [0.15, 0.2) is 42.9 Å². The standard InChI is InChI=1S/C12H10N4/c1-9-12-6-5-11(15-16(12)8-14-9)10-4-2-3-7-13-10/h2-8H,1H3. The lowest BCUT2D eigenvalue weighted by Gasteiger charge is -2.00. The second-order valence-electron chi connectivity index (χ2n) is 3.59. The molecule has 4 nitrogen and oxygen atoms in total. The fraction of sp³-hybridized carbons (Fsp3) is 0.0833. The number of imidazole rings is 1. The van der Waals surface area contributed by atoms with Crippen molar-refractivity contribution in [2.24, 2.45) is 0 Å². The van der Waals surface area contributed by atoms with Crippen molar-refractivity contribution in [3.05, 3.63) is 48.5 Å². The highest BCUT2D eigenvalue weighted by atomic mass is 15.2. The zero-order chi connectivity index (χ0) is 11.0. The van der Waals surface area contributed by atoms with Crippen molar-refractivity contribution in [2.75, 3.05) is 0 Å². The van der Waals surface area contributed by atoms with E-state index in [0.717, 1.165) is 22.6 Å². The number of hydrogen-bond acceptors (Lipinski definition) is 3. The van der Waals surface area contributed by atoms with E-state index in [0.29, 0.717) is 0 Å². The third-order valence-electron chi connectivity index (χ3n) is 2.52. The SMILES string of the molecule is Cc1ncn2nc(-c3ccccn3)ccc12. The minimum absolute atomic E-state index is 0.852. The van der Waals surface area contributed by atoms with Crippen LogP contribution in [0.3, 0.4) is 0 Å². The van der Waals surface area contributed by atoms with Crippen LogP contribution in [0.1, 0.15) is 5.69 Å². The van der Waals surface area contributed by atoms with Crippen LogP contribution in [-0.2, 0) is 0 Å². The van der Waals surface area contributed by atoms with Gasteiger partial charge in [0.2, 0.25) is 0 Å². The highest BCUT2D eigenvalue weighted by Crippen LogP contribution is 2.15.